The maximum Gasteiger partial charge on any atom is 0.261 e. The van der Waals surface area contributed by atoms with Crippen LogP contribution in [0.2, 0.25) is 0 Å². The lowest BCUT2D eigenvalue weighted by Gasteiger charge is -2.45. The van der Waals surface area contributed by atoms with E-state index < -0.39 is 5.60 Å². The lowest BCUT2D eigenvalue weighted by Crippen LogP contribution is -2.67. The average Bonchev–Trinajstić information content (AvgIpc) is 3.19. The molecular weight excluding hydrogens is 347 g/mol. The maximum absolute atomic E-state index is 14.2. The Morgan fingerprint density at radius 1 is 1.04 bits per heavy atom. The van der Waals surface area contributed by atoms with E-state index >= 15 is 0 Å². The van der Waals surface area contributed by atoms with Gasteiger partial charge in [0, 0.05) is 11.1 Å². The number of halogens is 1. The molecule has 1 spiro atoms. The SMILES string of the molecule is O=C(c1ccccc1)N1CC2(C1)O[C@@H]1CC[C@@H](c3ccccc3F)N1C2=O. The van der Waals surface area contributed by atoms with Crippen molar-refractivity contribution in [2.24, 2.45) is 0 Å². The number of nitrogens with zero attached hydrogens (tertiary/aromatic N) is 2. The van der Waals surface area contributed by atoms with Crippen molar-refractivity contribution < 1.29 is 18.7 Å². The highest BCUT2D eigenvalue weighted by Gasteiger charge is 2.63. The third-order valence-corrected chi connectivity index (χ3v) is 5.78. The molecule has 0 bridgehead atoms. The van der Waals surface area contributed by atoms with Crippen LogP contribution in [0.1, 0.15) is 34.8 Å². The summed E-state index contributed by atoms with van der Waals surface area (Å²) >= 11 is 0. The molecule has 138 valence electrons. The molecule has 2 amide bonds. The highest BCUT2D eigenvalue weighted by atomic mass is 19.1. The summed E-state index contributed by atoms with van der Waals surface area (Å²) in [5, 5.41) is 0. The lowest BCUT2D eigenvalue weighted by atomic mass is 9.91. The van der Waals surface area contributed by atoms with Gasteiger partial charge in [0.05, 0.1) is 19.1 Å². The Balaban J connectivity index is 1.34. The molecule has 0 unspecified atom stereocenters. The average molecular weight is 366 g/mol. The number of likely N-dealkylation sites (tertiary alicyclic amines) is 1. The summed E-state index contributed by atoms with van der Waals surface area (Å²) < 4.78 is 20.3. The third-order valence-electron chi connectivity index (χ3n) is 5.78. The van der Waals surface area contributed by atoms with Crippen LogP contribution < -0.4 is 0 Å². The van der Waals surface area contributed by atoms with Crippen molar-refractivity contribution in [1.82, 2.24) is 9.80 Å². The molecule has 3 aliphatic heterocycles. The topological polar surface area (TPSA) is 49.9 Å². The van der Waals surface area contributed by atoms with Crippen molar-refractivity contribution in [3.8, 4) is 0 Å². The van der Waals surface area contributed by atoms with Crippen LogP contribution in [0.5, 0.6) is 0 Å². The van der Waals surface area contributed by atoms with E-state index in [9.17, 15) is 14.0 Å². The minimum Gasteiger partial charge on any atom is -0.338 e. The first kappa shape index (κ1) is 16.4. The van der Waals surface area contributed by atoms with Crippen LogP contribution in [0.3, 0.4) is 0 Å². The first-order valence-electron chi connectivity index (χ1n) is 9.18. The first-order chi connectivity index (χ1) is 13.1. The minimum absolute atomic E-state index is 0.102. The van der Waals surface area contributed by atoms with Crippen LogP contribution in [0, 0.1) is 5.82 Å². The van der Waals surface area contributed by atoms with Crippen LogP contribution >= 0.6 is 0 Å². The summed E-state index contributed by atoms with van der Waals surface area (Å²) in [6.45, 7) is 0.493. The monoisotopic (exact) mass is 366 g/mol. The van der Waals surface area contributed by atoms with Gasteiger partial charge in [0.15, 0.2) is 5.60 Å². The van der Waals surface area contributed by atoms with Gasteiger partial charge in [0.1, 0.15) is 12.0 Å². The van der Waals surface area contributed by atoms with Gasteiger partial charge in [0.2, 0.25) is 0 Å². The number of ether oxygens (including phenoxy) is 1. The van der Waals surface area contributed by atoms with Gasteiger partial charge in [-0.2, -0.15) is 0 Å². The number of hydrogen-bond donors (Lipinski definition) is 0. The van der Waals surface area contributed by atoms with Crippen molar-refractivity contribution in [1.29, 1.82) is 0 Å². The van der Waals surface area contributed by atoms with Gasteiger partial charge in [-0.1, -0.05) is 36.4 Å². The summed E-state index contributed by atoms with van der Waals surface area (Å²) in [6, 6.07) is 15.3. The smallest absolute Gasteiger partial charge is 0.261 e. The molecule has 5 nitrogen and oxygen atoms in total. The molecule has 6 heteroatoms. The molecule has 2 atom stereocenters. The van der Waals surface area contributed by atoms with Crippen LogP contribution in [0.25, 0.3) is 0 Å². The summed E-state index contributed by atoms with van der Waals surface area (Å²) in [5.41, 5.74) is 0.159. The minimum atomic E-state index is -0.973. The molecule has 27 heavy (non-hydrogen) atoms. The van der Waals surface area contributed by atoms with Crippen LogP contribution in [0.15, 0.2) is 54.6 Å². The molecule has 0 aliphatic carbocycles. The van der Waals surface area contributed by atoms with Crippen LogP contribution in [0.4, 0.5) is 4.39 Å². The Morgan fingerprint density at radius 2 is 1.74 bits per heavy atom. The van der Waals surface area contributed by atoms with Gasteiger partial charge >= 0.3 is 0 Å². The second-order valence-corrected chi connectivity index (χ2v) is 7.42. The largest absolute Gasteiger partial charge is 0.338 e. The molecule has 3 saturated heterocycles. The van der Waals surface area contributed by atoms with Gasteiger partial charge in [-0.3, -0.25) is 9.59 Å². The summed E-state index contributed by atoms with van der Waals surface area (Å²) in [4.78, 5) is 29.0. The van der Waals surface area contributed by atoms with Crippen LogP contribution in [-0.4, -0.2) is 46.5 Å². The van der Waals surface area contributed by atoms with Gasteiger partial charge in [-0.25, -0.2) is 4.39 Å². The van der Waals surface area contributed by atoms with E-state index in [4.69, 9.17) is 4.74 Å². The maximum atomic E-state index is 14.2. The van der Waals surface area contributed by atoms with E-state index in [1.807, 2.05) is 18.2 Å². The molecule has 3 fully saturated rings. The number of rotatable bonds is 2. The highest BCUT2D eigenvalue weighted by Crippen LogP contribution is 2.47. The second-order valence-electron chi connectivity index (χ2n) is 7.42. The predicted molar refractivity (Wildman–Crippen MR) is 95.2 cm³/mol. The Kier molecular flexibility index (Phi) is 3.59. The lowest BCUT2D eigenvalue weighted by molar-refractivity contribution is -0.154. The zero-order valence-corrected chi connectivity index (χ0v) is 14.7. The fourth-order valence-electron chi connectivity index (χ4n) is 4.45. The van der Waals surface area contributed by atoms with E-state index in [0.717, 1.165) is 0 Å². The van der Waals surface area contributed by atoms with Crippen molar-refractivity contribution in [2.75, 3.05) is 13.1 Å². The molecule has 5 rings (SSSR count). The normalized spacial score (nSPS) is 25.6. The standard InChI is InChI=1S/C21H19FN2O3/c22-16-9-5-4-8-15(16)17-10-11-18-24(17)20(26)21(27-18)12-23(13-21)19(25)14-6-2-1-3-7-14/h1-9,17-18H,10-13H2/t17-,18+/m0/s1. The summed E-state index contributed by atoms with van der Waals surface area (Å²) in [7, 11) is 0. The van der Waals surface area contributed by atoms with E-state index in [-0.39, 0.29) is 43.0 Å². The van der Waals surface area contributed by atoms with Gasteiger partial charge in [-0.15, -0.1) is 0 Å². The Labute approximate surface area is 156 Å². The number of benzene rings is 2. The van der Waals surface area contributed by atoms with E-state index in [0.29, 0.717) is 24.0 Å². The van der Waals surface area contributed by atoms with E-state index in [2.05, 4.69) is 0 Å². The van der Waals surface area contributed by atoms with E-state index in [1.54, 1.807) is 40.1 Å². The molecule has 0 aromatic heterocycles. The van der Waals surface area contributed by atoms with Crippen LogP contribution in [-0.2, 0) is 9.53 Å². The molecule has 2 aromatic carbocycles. The van der Waals surface area contributed by atoms with Gasteiger partial charge in [0.25, 0.3) is 11.8 Å². The van der Waals surface area contributed by atoms with Crippen molar-refractivity contribution >= 4 is 11.8 Å². The molecule has 0 saturated carbocycles. The van der Waals surface area contributed by atoms with Gasteiger partial charge in [-0.05, 0) is 31.0 Å². The number of carbonyl (C=O) groups excluding carboxylic acids is 2. The van der Waals surface area contributed by atoms with Crippen molar-refractivity contribution in [3.63, 3.8) is 0 Å². The van der Waals surface area contributed by atoms with Gasteiger partial charge < -0.3 is 14.5 Å². The fraction of sp³-hybridized carbons (Fsp3) is 0.333. The summed E-state index contributed by atoms with van der Waals surface area (Å²) in [6.07, 6.45) is 1.02. The third kappa shape index (κ3) is 2.40. The Hall–Kier alpha value is -2.73. The molecule has 0 radical (unpaired) electrons. The van der Waals surface area contributed by atoms with E-state index in [1.165, 1.54) is 6.07 Å². The number of carbonyl (C=O) groups is 2. The molecule has 0 N–H and O–H groups in total. The first-order valence-corrected chi connectivity index (χ1v) is 9.18. The zero-order valence-electron chi connectivity index (χ0n) is 14.7. The quantitative estimate of drug-likeness (QED) is 0.821. The Morgan fingerprint density at radius 3 is 2.48 bits per heavy atom. The molecular formula is C21H19FN2O3. The number of amides is 2. The molecule has 2 aromatic rings. The highest BCUT2D eigenvalue weighted by molar-refractivity contribution is 5.98. The number of hydrogen-bond acceptors (Lipinski definition) is 3. The summed E-state index contributed by atoms with van der Waals surface area (Å²) in [5.74, 6) is -0.530. The molecule has 3 aliphatic rings. The predicted octanol–water partition coefficient (Wildman–Crippen LogP) is 2.74. The molecule has 3 heterocycles. The van der Waals surface area contributed by atoms with Crippen molar-refractivity contribution in [2.45, 2.75) is 30.7 Å². The fourth-order valence-corrected chi connectivity index (χ4v) is 4.45. The number of fused-ring (bicyclic) bond motifs is 1. The van der Waals surface area contributed by atoms with Crippen molar-refractivity contribution in [3.05, 3.63) is 71.5 Å². The second kappa shape index (κ2) is 5.89. The zero-order chi connectivity index (χ0) is 18.6. The Bertz CT molecular complexity index is 911.